The van der Waals surface area contributed by atoms with Gasteiger partial charge in [0.05, 0.1) is 17.1 Å². The molecule has 0 amide bonds. The third-order valence-electron chi connectivity index (χ3n) is 1.93. The van der Waals surface area contributed by atoms with Crippen LogP contribution >= 0.6 is 11.3 Å². The lowest BCUT2D eigenvalue weighted by atomic mass is 10.1. The van der Waals surface area contributed by atoms with E-state index in [0.717, 1.165) is 22.0 Å². The van der Waals surface area contributed by atoms with Gasteiger partial charge >= 0.3 is 5.97 Å². The zero-order chi connectivity index (χ0) is 10.7. The second-order valence-electron chi connectivity index (χ2n) is 3.49. The Morgan fingerprint density at radius 1 is 1.57 bits per heavy atom. The van der Waals surface area contributed by atoms with Crippen molar-refractivity contribution < 1.29 is 9.90 Å². The van der Waals surface area contributed by atoms with Crippen LogP contribution < -0.4 is 0 Å². The third-order valence-corrected chi connectivity index (χ3v) is 3.15. The molecular weight excluding hydrogens is 198 g/mol. The predicted molar refractivity (Wildman–Crippen MR) is 56.9 cm³/mol. The molecule has 78 valence electrons. The number of aryl methyl sites for hydroxylation is 1. The number of aromatic nitrogens is 1. The van der Waals surface area contributed by atoms with E-state index in [-0.39, 0.29) is 6.42 Å². The maximum Gasteiger partial charge on any atom is 0.308 e. The molecule has 1 aromatic heterocycles. The lowest BCUT2D eigenvalue weighted by Gasteiger charge is -2.02. The van der Waals surface area contributed by atoms with Gasteiger partial charge in [-0.15, -0.1) is 11.3 Å². The fourth-order valence-electron chi connectivity index (χ4n) is 1.28. The number of carbonyl (C=O) groups is 1. The molecule has 1 heterocycles. The summed E-state index contributed by atoms with van der Waals surface area (Å²) in [6.07, 6.45) is 0.981. The molecule has 14 heavy (non-hydrogen) atoms. The highest BCUT2D eigenvalue weighted by Gasteiger charge is 2.15. The minimum Gasteiger partial charge on any atom is -0.481 e. The molecule has 4 heteroatoms. The van der Waals surface area contributed by atoms with Crippen molar-refractivity contribution in [2.45, 2.75) is 39.5 Å². The van der Waals surface area contributed by atoms with Crippen molar-refractivity contribution in [2.75, 3.05) is 0 Å². The van der Waals surface area contributed by atoms with Crippen molar-refractivity contribution in [3.63, 3.8) is 0 Å². The van der Waals surface area contributed by atoms with E-state index in [4.69, 9.17) is 5.11 Å². The summed E-state index contributed by atoms with van der Waals surface area (Å²) in [6.45, 7) is 6.12. The number of hydrogen-bond acceptors (Lipinski definition) is 3. The Hall–Kier alpha value is -0.900. The largest absolute Gasteiger partial charge is 0.481 e. The second-order valence-corrected chi connectivity index (χ2v) is 4.66. The Balaban J connectivity index is 2.99. The summed E-state index contributed by atoms with van der Waals surface area (Å²) in [4.78, 5) is 16.0. The van der Waals surface area contributed by atoms with Gasteiger partial charge in [-0.2, -0.15) is 0 Å². The first kappa shape index (κ1) is 11.2. The fourth-order valence-corrected chi connectivity index (χ4v) is 2.43. The zero-order valence-corrected chi connectivity index (χ0v) is 9.52. The van der Waals surface area contributed by atoms with Crippen LogP contribution in [0.15, 0.2) is 0 Å². The predicted octanol–water partition coefficient (Wildman–Crippen LogP) is 2.46. The van der Waals surface area contributed by atoms with Crippen LogP contribution in [0, 0.1) is 0 Å². The van der Waals surface area contributed by atoms with Gasteiger partial charge in [-0.3, -0.25) is 4.79 Å². The standard InChI is InChI=1S/C10H15NO2S/c1-4-8-11-10(6(2)3)7(14-8)5-9(12)13/h6H,4-5H2,1-3H3,(H,12,13). The van der Waals surface area contributed by atoms with E-state index in [9.17, 15) is 4.79 Å². The SMILES string of the molecule is CCc1nc(C(C)C)c(CC(=O)O)s1. The summed E-state index contributed by atoms with van der Waals surface area (Å²) in [5, 5.41) is 9.77. The smallest absolute Gasteiger partial charge is 0.308 e. The molecule has 1 rings (SSSR count). The zero-order valence-electron chi connectivity index (χ0n) is 8.70. The van der Waals surface area contributed by atoms with Crippen molar-refractivity contribution >= 4 is 17.3 Å². The van der Waals surface area contributed by atoms with Crippen molar-refractivity contribution in [1.82, 2.24) is 4.98 Å². The van der Waals surface area contributed by atoms with Gasteiger partial charge < -0.3 is 5.11 Å². The molecule has 0 aliphatic heterocycles. The van der Waals surface area contributed by atoms with Crippen LogP contribution in [0.2, 0.25) is 0 Å². The van der Waals surface area contributed by atoms with Crippen molar-refractivity contribution in [2.24, 2.45) is 0 Å². The van der Waals surface area contributed by atoms with Gasteiger partial charge in [-0.25, -0.2) is 4.98 Å². The lowest BCUT2D eigenvalue weighted by molar-refractivity contribution is -0.136. The highest BCUT2D eigenvalue weighted by molar-refractivity contribution is 7.11. The molecule has 0 spiro atoms. The Morgan fingerprint density at radius 3 is 2.64 bits per heavy atom. The first-order valence-corrected chi connectivity index (χ1v) is 5.56. The number of nitrogens with zero attached hydrogens (tertiary/aromatic N) is 1. The number of carboxylic acid groups (broad SMARTS) is 1. The van der Waals surface area contributed by atoms with Crippen molar-refractivity contribution in [1.29, 1.82) is 0 Å². The number of hydrogen-bond donors (Lipinski definition) is 1. The van der Waals surface area contributed by atoms with Gasteiger partial charge in [0.15, 0.2) is 0 Å². The van der Waals surface area contributed by atoms with Gasteiger partial charge in [-0.05, 0) is 12.3 Å². The Morgan fingerprint density at radius 2 is 2.21 bits per heavy atom. The molecule has 0 aliphatic rings. The lowest BCUT2D eigenvalue weighted by Crippen LogP contribution is -2.02. The second kappa shape index (κ2) is 4.55. The molecule has 0 saturated heterocycles. The summed E-state index contributed by atoms with van der Waals surface area (Å²) >= 11 is 1.52. The van der Waals surface area contributed by atoms with Gasteiger partial charge in [0.25, 0.3) is 0 Å². The van der Waals surface area contributed by atoms with Crippen LogP contribution in [0.25, 0.3) is 0 Å². The van der Waals surface area contributed by atoms with E-state index < -0.39 is 5.97 Å². The minimum atomic E-state index is -0.779. The topological polar surface area (TPSA) is 50.2 Å². The monoisotopic (exact) mass is 213 g/mol. The summed E-state index contributed by atoms with van der Waals surface area (Å²) in [5.74, 6) is -0.473. The van der Waals surface area contributed by atoms with Crippen molar-refractivity contribution in [3.05, 3.63) is 15.6 Å². The molecule has 1 N–H and O–H groups in total. The molecule has 0 bridgehead atoms. The van der Waals surface area contributed by atoms with Gasteiger partial charge in [0.2, 0.25) is 0 Å². The molecule has 0 radical (unpaired) electrons. The average Bonchev–Trinajstić information content (AvgIpc) is 2.46. The molecule has 0 saturated carbocycles. The number of carboxylic acids is 1. The molecule has 0 fully saturated rings. The van der Waals surface area contributed by atoms with Gasteiger partial charge in [0.1, 0.15) is 0 Å². The molecule has 0 aromatic carbocycles. The van der Waals surface area contributed by atoms with E-state index in [1.54, 1.807) is 0 Å². The summed E-state index contributed by atoms with van der Waals surface area (Å²) < 4.78 is 0. The van der Waals surface area contributed by atoms with Crippen LogP contribution in [0.3, 0.4) is 0 Å². The van der Waals surface area contributed by atoms with Crippen LogP contribution in [0.5, 0.6) is 0 Å². The minimum absolute atomic E-state index is 0.102. The highest BCUT2D eigenvalue weighted by Crippen LogP contribution is 2.25. The van der Waals surface area contributed by atoms with E-state index in [0.29, 0.717) is 5.92 Å². The Bertz CT molecular complexity index is 331. The normalized spacial score (nSPS) is 10.9. The summed E-state index contributed by atoms with van der Waals surface area (Å²) in [7, 11) is 0. The number of thiazole rings is 1. The van der Waals surface area contributed by atoms with Crippen LogP contribution in [0.1, 0.15) is 42.3 Å². The number of rotatable bonds is 4. The van der Waals surface area contributed by atoms with E-state index in [1.165, 1.54) is 11.3 Å². The molecular formula is C10H15NO2S. The van der Waals surface area contributed by atoms with E-state index in [2.05, 4.69) is 4.98 Å². The average molecular weight is 213 g/mol. The van der Waals surface area contributed by atoms with Crippen LogP contribution in [-0.2, 0) is 17.6 Å². The van der Waals surface area contributed by atoms with E-state index >= 15 is 0 Å². The molecule has 1 aromatic rings. The van der Waals surface area contributed by atoms with Gasteiger partial charge in [-0.1, -0.05) is 20.8 Å². The third kappa shape index (κ3) is 2.54. The highest BCUT2D eigenvalue weighted by atomic mass is 32.1. The summed E-state index contributed by atoms with van der Waals surface area (Å²) in [5.41, 5.74) is 0.953. The first-order chi connectivity index (χ1) is 6.54. The summed E-state index contributed by atoms with van der Waals surface area (Å²) in [6, 6.07) is 0. The number of aliphatic carboxylic acids is 1. The maximum atomic E-state index is 10.6. The van der Waals surface area contributed by atoms with E-state index in [1.807, 2.05) is 20.8 Å². The molecule has 0 aliphatic carbocycles. The molecule has 0 atom stereocenters. The van der Waals surface area contributed by atoms with Crippen molar-refractivity contribution in [3.8, 4) is 0 Å². The first-order valence-electron chi connectivity index (χ1n) is 4.74. The van der Waals surface area contributed by atoms with Crippen LogP contribution in [0.4, 0.5) is 0 Å². The maximum absolute atomic E-state index is 10.6. The Labute approximate surface area is 87.8 Å². The fraction of sp³-hybridized carbons (Fsp3) is 0.600. The van der Waals surface area contributed by atoms with Gasteiger partial charge in [0, 0.05) is 4.88 Å². The molecule has 3 nitrogen and oxygen atoms in total. The van der Waals surface area contributed by atoms with Crippen LogP contribution in [-0.4, -0.2) is 16.1 Å². The Kier molecular flexibility index (Phi) is 3.63. The quantitative estimate of drug-likeness (QED) is 0.835. The molecule has 0 unspecified atom stereocenters.